The van der Waals surface area contributed by atoms with Gasteiger partial charge in [0.05, 0.1) is 10.7 Å². The van der Waals surface area contributed by atoms with Crippen molar-refractivity contribution in [3.05, 3.63) is 40.5 Å². The summed E-state index contributed by atoms with van der Waals surface area (Å²) < 4.78 is 0. The highest BCUT2D eigenvalue weighted by Crippen LogP contribution is 2.29. The van der Waals surface area contributed by atoms with E-state index in [1.807, 2.05) is 26.0 Å². The van der Waals surface area contributed by atoms with Crippen LogP contribution in [0.25, 0.3) is 0 Å². The van der Waals surface area contributed by atoms with Crippen LogP contribution in [0.1, 0.15) is 37.3 Å². The number of anilines is 3. The zero-order chi connectivity index (χ0) is 15.9. The summed E-state index contributed by atoms with van der Waals surface area (Å²) >= 11 is 6.31. The highest BCUT2D eigenvalue weighted by atomic mass is 35.5. The standard InChI is InChI=1S/C17H23ClN4/c1-4-5-6-8-19-15-7-9-20-17(21-15)22-16-13(3)10-12(2)11-14(16)18/h7,9-11H,4-6,8H2,1-3H3,(H2,19,20,21,22). The van der Waals surface area contributed by atoms with Gasteiger partial charge < -0.3 is 10.6 Å². The first-order valence-electron chi connectivity index (χ1n) is 7.71. The van der Waals surface area contributed by atoms with Gasteiger partial charge in [-0.2, -0.15) is 4.98 Å². The summed E-state index contributed by atoms with van der Waals surface area (Å²) in [5.41, 5.74) is 3.07. The van der Waals surface area contributed by atoms with Crippen LogP contribution < -0.4 is 10.6 Å². The average molecular weight is 319 g/mol. The van der Waals surface area contributed by atoms with Crippen LogP contribution in [0.3, 0.4) is 0 Å². The molecule has 0 aliphatic heterocycles. The van der Waals surface area contributed by atoms with Crippen LogP contribution in [-0.4, -0.2) is 16.5 Å². The highest BCUT2D eigenvalue weighted by molar-refractivity contribution is 6.33. The Morgan fingerprint density at radius 1 is 1.18 bits per heavy atom. The Kier molecular flexibility index (Phi) is 6.01. The van der Waals surface area contributed by atoms with E-state index in [0.717, 1.165) is 35.6 Å². The van der Waals surface area contributed by atoms with E-state index in [9.17, 15) is 0 Å². The summed E-state index contributed by atoms with van der Waals surface area (Å²) in [5.74, 6) is 1.38. The average Bonchev–Trinajstić information content (AvgIpc) is 2.48. The van der Waals surface area contributed by atoms with Crippen LogP contribution >= 0.6 is 11.6 Å². The molecule has 0 radical (unpaired) electrons. The van der Waals surface area contributed by atoms with Gasteiger partial charge in [0.25, 0.3) is 0 Å². The number of benzene rings is 1. The summed E-state index contributed by atoms with van der Waals surface area (Å²) in [6, 6.07) is 5.89. The molecule has 0 atom stereocenters. The summed E-state index contributed by atoms with van der Waals surface area (Å²) in [4.78, 5) is 8.74. The van der Waals surface area contributed by atoms with E-state index in [1.165, 1.54) is 12.8 Å². The van der Waals surface area contributed by atoms with Gasteiger partial charge in [0.15, 0.2) is 0 Å². The molecule has 0 aliphatic rings. The molecule has 22 heavy (non-hydrogen) atoms. The largest absolute Gasteiger partial charge is 0.370 e. The molecular weight excluding hydrogens is 296 g/mol. The maximum atomic E-state index is 6.31. The molecule has 2 rings (SSSR count). The molecule has 0 unspecified atom stereocenters. The molecule has 0 saturated heterocycles. The van der Waals surface area contributed by atoms with Gasteiger partial charge in [0.1, 0.15) is 5.82 Å². The molecule has 0 bridgehead atoms. The third-order valence-corrected chi connectivity index (χ3v) is 3.71. The first-order valence-corrected chi connectivity index (χ1v) is 8.08. The van der Waals surface area contributed by atoms with Crippen LogP contribution in [0.4, 0.5) is 17.5 Å². The zero-order valence-electron chi connectivity index (χ0n) is 13.4. The Labute approximate surface area is 137 Å². The molecule has 5 heteroatoms. The van der Waals surface area contributed by atoms with Crippen molar-refractivity contribution in [2.75, 3.05) is 17.2 Å². The Hall–Kier alpha value is -1.81. The summed E-state index contributed by atoms with van der Waals surface area (Å²) in [7, 11) is 0. The fourth-order valence-corrected chi connectivity index (χ4v) is 2.66. The number of rotatable bonds is 7. The number of hydrogen-bond donors (Lipinski definition) is 2. The van der Waals surface area contributed by atoms with Gasteiger partial charge in [0, 0.05) is 12.7 Å². The highest BCUT2D eigenvalue weighted by Gasteiger charge is 2.07. The smallest absolute Gasteiger partial charge is 0.229 e. The lowest BCUT2D eigenvalue weighted by Gasteiger charge is -2.12. The Bertz CT molecular complexity index is 605. The Morgan fingerprint density at radius 2 is 2.00 bits per heavy atom. The van der Waals surface area contributed by atoms with Crippen molar-refractivity contribution < 1.29 is 0 Å². The van der Waals surface area contributed by atoms with Crippen LogP contribution in [-0.2, 0) is 0 Å². The molecule has 2 N–H and O–H groups in total. The first-order chi connectivity index (χ1) is 10.6. The molecule has 1 aromatic heterocycles. The van der Waals surface area contributed by atoms with Gasteiger partial charge in [-0.25, -0.2) is 4.98 Å². The van der Waals surface area contributed by atoms with Crippen molar-refractivity contribution in [3.63, 3.8) is 0 Å². The van der Waals surface area contributed by atoms with Gasteiger partial charge in [0.2, 0.25) is 5.95 Å². The molecule has 0 amide bonds. The van der Waals surface area contributed by atoms with E-state index in [4.69, 9.17) is 11.6 Å². The van der Waals surface area contributed by atoms with Gasteiger partial charge >= 0.3 is 0 Å². The third-order valence-electron chi connectivity index (χ3n) is 3.41. The molecule has 2 aromatic rings. The lowest BCUT2D eigenvalue weighted by molar-refractivity contribution is 0.742. The molecule has 4 nitrogen and oxygen atoms in total. The summed E-state index contributed by atoms with van der Waals surface area (Å²) in [6.07, 6.45) is 5.33. The lowest BCUT2D eigenvalue weighted by Crippen LogP contribution is -2.06. The van der Waals surface area contributed by atoms with Gasteiger partial charge in [-0.05, 0) is 43.5 Å². The van der Waals surface area contributed by atoms with Crippen molar-refractivity contribution in [2.24, 2.45) is 0 Å². The van der Waals surface area contributed by atoms with Crippen molar-refractivity contribution >= 4 is 29.1 Å². The van der Waals surface area contributed by atoms with E-state index in [1.54, 1.807) is 6.20 Å². The molecule has 0 fully saturated rings. The minimum Gasteiger partial charge on any atom is -0.370 e. The van der Waals surface area contributed by atoms with Gasteiger partial charge in [-0.1, -0.05) is 37.4 Å². The van der Waals surface area contributed by atoms with Gasteiger partial charge in [-0.15, -0.1) is 0 Å². The lowest BCUT2D eigenvalue weighted by atomic mass is 10.1. The van der Waals surface area contributed by atoms with Crippen LogP contribution in [0.2, 0.25) is 5.02 Å². The van der Waals surface area contributed by atoms with E-state index < -0.39 is 0 Å². The van der Waals surface area contributed by atoms with E-state index in [0.29, 0.717) is 11.0 Å². The number of nitrogens with zero attached hydrogens (tertiary/aromatic N) is 2. The Balaban J connectivity index is 2.07. The summed E-state index contributed by atoms with van der Waals surface area (Å²) in [5, 5.41) is 7.22. The number of halogens is 1. The second kappa shape index (κ2) is 7.99. The molecule has 1 heterocycles. The molecule has 118 valence electrons. The SMILES string of the molecule is CCCCCNc1ccnc(Nc2c(C)cc(C)cc2Cl)n1. The van der Waals surface area contributed by atoms with Crippen molar-refractivity contribution in [1.29, 1.82) is 0 Å². The van der Waals surface area contributed by atoms with Crippen LogP contribution in [0, 0.1) is 13.8 Å². The number of aryl methyl sites for hydroxylation is 2. The number of unbranched alkanes of at least 4 members (excludes halogenated alkanes) is 2. The zero-order valence-corrected chi connectivity index (χ0v) is 14.2. The van der Waals surface area contributed by atoms with E-state index >= 15 is 0 Å². The number of aromatic nitrogens is 2. The maximum Gasteiger partial charge on any atom is 0.229 e. The number of nitrogens with one attached hydrogen (secondary N) is 2. The Morgan fingerprint density at radius 3 is 2.73 bits per heavy atom. The van der Waals surface area contributed by atoms with Crippen LogP contribution in [0.15, 0.2) is 24.4 Å². The van der Waals surface area contributed by atoms with Crippen molar-refractivity contribution in [1.82, 2.24) is 9.97 Å². The van der Waals surface area contributed by atoms with Gasteiger partial charge in [-0.3, -0.25) is 0 Å². The maximum absolute atomic E-state index is 6.31. The third kappa shape index (κ3) is 4.60. The van der Waals surface area contributed by atoms with Crippen molar-refractivity contribution in [2.45, 2.75) is 40.0 Å². The molecule has 0 aliphatic carbocycles. The molecule has 0 saturated carbocycles. The predicted molar refractivity (Wildman–Crippen MR) is 94.3 cm³/mol. The number of hydrogen-bond acceptors (Lipinski definition) is 4. The second-order valence-electron chi connectivity index (χ2n) is 5.46. The quantitative estimate of drug-likeness (QED) is 0.698. The molecular formula is C17H23ClN4. The fourth-order valence-electron chi connectivity index (χ4n) is 2.29. The normalized spacial score (nSPS) is 10.5. The minimum absolute atomic E-state index is 0.550. The van der Waals surface area contributed by atoms with Crippen molar-refractivity contribution in [3.8, 4) is 0 Å². The fraction of sp³-hybridized carbons (Fsp3) is 0.412. The summed E-state index contributed by atoms with van der Waals surface area (Å²) in [6.45, 7) is 7.17. The second-order valence-corrected chi connectivity index (χ2v) is 5.87. The topological polar surface area (TPSA) is 49.8 Å². The molecule has 0 spiro atoms. The monoisotopic (exact) mass is 318 g/mol. The first kappa shape index (κ1) is 16.6. The molecule has 1 aromatic carbocycles. The van der Waals surface area contributed by atoms with E-state index in [-0.39, 0.29) is 0 Å². The minimum atomic E-state index is 0.550. The predicted octanol–water partition coefficient (Wildman–Crippen LogP) is 5.09. The van der Waals surface area contributed by atoms with Crippen LogP contribution in [0.5, 0.6) is 0 Å². The van der Waals surface area contributed by atoms with E-state index in [2.05, 4.69) is 33.6 Å².